The van der Waals surface area contributed by atoms with Gasteiger partial charge in [0.1, 0.15) is 27.9 Å². The number of carboxylic acids is 1. The van der Waals surface area contributed by atoms with Crippen LogP contribution in [0.5, 0.6) is 5.75 Å². The van der Waals surface area contributed by atoms with E-state index in [-0.39, 0.29) is 65.9 Å². The predicted molar refractivity (Wildman–Crippen MR) is 162 cm³/mol. The summed E-state index contributed by atoms with van der Waals surface area (Å²) in [4.78, 5) is 61.5. The molecule has 4 aliphatic rings. The molecule has 2 aromatic heterocycles. The standard InChI is InChI=1S/C29H27N7O6S2.Na.H/c1-13-10-20(36-29(31-13)33-24(34-36)15-4-6-16(37)7-5-15)43-12-19(38)32-22-26(40)35-23(28(41)42)18(11-44-27(22)35)21(14-2-3-14)17-8-9-30-25(17)39;;/h4-7,10,14,22,27,37H,2-3,8-9,11-12H2,1H3,(H,30,39)(H,32,38)(H,41,42);;/q;+1;-1/t22-,27-;;/m1../s1. The summed E-state index contributed by atoms with van der Waals surface area (Å²) in [5.74, 6) is -0.900. The molecule has 1 saturated carbocycles. The molecule has 228 valence electrons. The van der Waals surface area contributed by atoms with Gasteiger partial charge in [-0.3, -0.25) is 19.3 Å². The minimum atomic E-state index is -1.22. The third-order valence-electron chi connectivity index (χ3n) is 7.94. The Bertz CT molecular complexity index is 1830. The Morgan fingerprint density at radius 1 is 1.20 bits per heavy atom. The number of β-lactam (4-membered cyclic amide) rings is 1. The summed E-state index contributed by atoms with van der Waals surface area (Å²) < 4.78 is 1.54. The van der Waals surface area contributed by atoms with E-state index in [1.165, 1.54) is 28.4 Å². The summed E-state index contributed by atoms with van der Waals surface area (Å²) >= 11 is 2.61. The summed E-state index contributed by atoms with van der Waals surface area (Å²) in [6, 6.07) is 7.41. The average molecular weight is 658 g/mol. The molecule has 3 amide bonds. The smallest absolute Gasteiger partial charge is 1.00 e. The molecule has 2 saturated heterocycles. The molecule has 3 aromatic rings. The molecule has 3 fully saturated rings. The van der Waals surface area contributed by atoms with E-state index in [0.717, 1.165) is 18.4 Å². The van der Waals surface area contributed by atoms with Gasteiger partial charge in [0.25, 0.3) is 11.7 Å². The van der Waals surface area contributed by atoms with Gasteiger partial charge in [-0.05, 0) is 73.6 Å². The first-order valence-corrected chi connectivity index (χ1v) is 16.1. The quantitative estimate of drug-likeness (QED) is 0.0766. The van der Waals surface area contributed by atoms with E-state index in [1.807, 2.05) is 6.92 Å². The number of aliphatic carboxylic acids is 1. The Kier molecular flexibility index (Phi) is 8.73. The zero-order valence-corrected chi connectivity index (χ0v) is 28.1. The van der Waals surface area contributed by atoms with Gasteiger partial charge in [0, 0.05) is 29.1 Å². The molecule has 13 nitrogen and oxygen atoms in total. The number of nitrogens with zero attached hydrogens (tertiary/aromatic N) is 5. The normalized spacial score (nSPS) is 22.0. The zero-order valence-electron chi connectivity index (χ0n) is 25.4. The molecule has 45 heavy (non-hydrogen) atoms. The van der Waals surface area contributed by atoms with Crippen LogP contribution in [0, 0.1) is 12.8 Å². The van der Waals surface area contributed by atoms with Crippen LogP contribution in [0.2, 0.25) is 0 Å². The number of aromatic nitrogens is 4. The number of fused-ring (bicyclic) bond motifs is 2. The van der Waals surface area contributed by atoms with E-state index in [1.54, 1.807) is 34.8 Å². The van der Waals surface area contributed by atoms with Crippen LogP contribution in [-0.2, 0) is 19.2 Å². The number of hydrogen-bond acceptors (Lipinski definition) is 10. The van der Waals surface area contributed by atoms with Crippen molar-refractivity contribution in [1.82, 2.24) is 35.1 Å². The first-order chi connectivity index (χ1) is 21.2. The van der Waals surface area contributed by atoms with Crippen molar-refractivity contribution in [3.05, 3.63) is 58.4 Å². The van der Waals surface area contributed by atoms with Crippen LogP contribution < -0.4 is 40.2 Å². The molecule has 4 N–H and O–H groups in total. The van der Waals surface area contributed by atoms with Crippen molar-refractivity contribution in [1.29, 1.82) is 0 Å². The molecule has 0 bridgehead atoms. The monoisotopic (exact) mass is 657 g/mol. The van der Waals surface area contributed by atoms with Crippen molar-refractivity contribution < 1.29 is 60.4 Å². The summed E-state index contributed by atoms with van der Waals surface area (Å²) in [6.45, 7) is 2.33. The Hall–Kier alpha value is -3.37. The van der Waals surface area contributed by atoms with Gasteiger partial charge in [0.2, 0.25) is 11.8 Å². The molecule has 7 rings (SSSR count). The van der Waals surface area contributed by atoms with Crippen LogP contribution in [0.15, 0.2) is 57.8 Å². The van der Waals surface area contributed by atoms with Gasteiger partial charge >= 0.3 is 35.5 Å². The van der Waals surface area contributed by atoms with E-state index < -0.39 is 23.3 Å². The number of amides is 3. The number of aromatic hydroxyl groups is 1. The van der Waals surface area contributed by atoms with Crippen LogP contribution in [0.4, 0.5) is 0 Å². The van der Waals surface area contributed by atoms with Crippen molar-refractivity contribution in [2.45, 2.75) is 42.6 Å². The summed E-state index contributed by atoms with van der Waals surface area (Å²) in [5.41, 5.74) is 3.24. The number of rotatable bonds is 8. The number of benzene rings is 1. The minimum absolute atomic E-state index is 0. The number of carbonyl (C=O) groups is 4. The number of nitrogens with one attached hydrogen (secondary N) is 2. The first kappa shape index (κ1) is 31.6. The summed E-state index contributed by atoms with van der Waals surface area (Å²) in [5, 5.41) is 30.0. The van der Waals surface area contributed by atoms with Crippen LogP contribution in [0.1, 0.15) is 26.4 Å². The van der Waals surface area contributed by atoms with Crippen molar-refractivity contribution >= 4 is 53.0 Å². The molecule has 2 atom stereocenters. The number of hydrogen-bond donors (Lipinski definition) is 4. The maximum Gasteiger partial charge on any atom is 1.00 e. The van der Waals surface area contributed by atoms with Gasteiger partial charge in [0.05, 0.1) is 5.75 Å². The number of thioether (sulfide) groups is 2. The van der Waals surface area contributed by atoms with Crippen molar-refractivity contribution in [2.75, 3.05) is 18.1 Å². The molecular formula is C29H28N7NaO6S2. The molecule has 0 radical (unpaired) electrons. The molecular weight excluding hydrogens is 629 g/mol. The van der Waals surface area contributed by atoms with E-state index >= 15 is 0 Å². The molecule has 1 aliphatic carbocycles. The van der Waals surface area contributed by atoms with Crippen molar-refractivity contribution in [3.8, 4) is 17.1 Å². The maximum absolute atomic E-state index is 13.3. The number of phenolic OH excluding ortho intramolecular Hbond substituents is 1. The van der Waals surface area contributed by atoms with Crippen LogP contribution in [0.25, 0.3) is 17.2 Å². The Labute approximate surface area is 289 Å². The molecule has 5 heterocycles. The number of aryl methyl sites for hydroxylation is 1. The number of allylic oxidation sites excluding steroid dienone is 1. The fraction of sp³-hybridized carbons (Fsp3) is 0.345. The average Bonchev–Trinajstić information content (AvgIpc) is 3.60. The van der Waals surface area contributed by atoms with E-state index in [0.29, 0.717) is 57.8 Å². The second-order valence-corrected chi connectivity index (χ2v) is 13.1. The SMILES string of the molecule is Cc1cc(SCC(=O)N[C@@H]2C(=O)N3C(C(=O)O)=C(C(=C4CCNC4=O)C4CC4)CS[C@H]23)n2nc(-c3ccc(O)cc3)nc2n1.[H-].[Na+]. The number of carbonyl (C=O) groups excluding carboxylic acids is 3. The van der Waals surface area contributed by atoms with Gasteiger partial charge in [-0.15, -0.1) is 16.9 Å². The first-order valence-electron chi connectivity index (χ1n) is 14.1. The second kappa shape index (κ2) is 12.4. The van der Waals surface area contributed by atoms with E-state index in [4.69, 9.17) is 0 Å². The van der Waals surface area contributed by atoms with Gasteiger partial charge in [0.15, 0.2) is 5.82 Å². The minimum Gasteiger partial charge on any atom is -1.00 e. The third-order valence-corrected chi connectivity index (χ3v) is 10.2. The topological polar surface area (TPSA) is 179 Å². The largest absolute Gasteiger partial charge is 1.00 e. The van der Waals surface area contributed by atoms with Gasteiger partial charge in [-0.2, -0.15) is 9.50 Å². The van der Waals surface area contributed by atoms with Gasteiger partial charge < -0.3 is 22.3 Å². The van der Waals surface area contributed by atoms with Crippen molar-refractivity contribution in [2.24, 2.45) is 5.92 Å². The Morgan fingerprint density at radius 2 is 1.96 bits per heavy atom. The zero-order chi connectivity index (χ0) is 30.7. The van der Waals surface area contributed by atoms with Crippen LogP contribution in [-0.4, -0.2) is 87.9 Å². The second-order valence-electron chi connectivity index (χ2n) is 11.0. The van der Waals surface area contributed by atoms with Gasteiger partial charge in [-0.1, -0.05) is 11.8 Å². The van der Waals surface area contributed by atoms with Crippen LogP contribution in [0.3, 0.4) is 0 Å². The number of phenols is 1. The molecule has 3 aliphatic heterocycles. The van der Waals surface area contributed by atoms with E-state index in [9.17, 15) is 29.4 Å². The molecule has 0 unspecified atom stereocenters. The Morgan fingerprint density at radius 3 is 2.62 bits per heavy atom. The summed E-state index contributed by atoms with van der Waals surface area (Å²) in [7, 11) is 0. The van der Waals surface area contributed by atoms with Gasteiger partial charge in [-0.25, -0.2) is 9.78 Å². The molecule has 1 aromatic carbocycles. The van der Waals surface area contributed by atoms with Crippen molar-refractivity contribution in [3.63, 3.8) is 0 Å². The Balaban J connectivity index is 0.00000208. The number of carboxylic acid groups (broad SMARTS) is 1. The van der Waals surface area contributed by atoms with E-state index in [2.05, 4.69) is 25.7 Å². The van der Waals surface area contributed by atoms with Crippen LogP contribution >= 0.6 is 23.5 Å². The third kappa shape index (κ3) is 5.87. The fourth-order valence-corrected chi connectivity index (χ4v) is 8.02. The maximum atomic E-state index is 13.3. The summed E-state index contributed by atoms with van der Waals surface area (Å²) in [6.07, 6.45) is 2.31. The molecule has 16 heteroatoms. The predicted octanol–water partition coefficient (Wildman–Crippen LogP) is -1.02. The molecule has 0 spiro atoms. The fourth-order valence-electron chi connectivity index (χ4n) is 5.79.